The molecule has 0 saturated carbocycles. The summed E-state index contributed by atoms with van der Waals surface area (Å²) in [6.07, 6.45) is 0. The van der Waals surface area contributed by atoms with E-state index < -0.39 is 10.2 Å². The summed E-state index contributed by atoms with van der Waals surface area (Å²) >= 11 is 0. The summed E-state index contributed by atoms with van der Waals surface area (Å²) in [5, 5.41) is 22.0. The zero-order chi connectivity index (χ0) is 9.28. The van der Waals surface area contributed by atoms with Crippen molar-refractivity contribution in [3.63, 3.8) is 0 Å². The molecule has 1 N–H and O–H groups in total. The van der Waals surface area contributed by atoms with Crippen LogP contribution in [0, 0.1) is 27.7 Å². The van der Waals surface area contributed by atoms with E-state index in [-0.39, 0.29) is 69.2 Å². The number of methoxy groups -OCH3 is 1. The normalized spacial score (nSPS) is 5.06. The van der Waals surface area contributed by atoms with Crippen LogP contribution in [0.25, 0.3) is 0 Å². The molecule has 0 unspecified atom stereocenters. The summed E-state index contributed by atoms with van der Waals surface area (Å²) < 4.78 is 4.19. The molecule has 9 nitrogen and oxygen atoms in total. The maximum absolute atomic E-state index is 9.26. The molecule has 0 heterocycles. The largest absolute Gasteiger partial charge is 0.358 e. The maximum Gasteiger partial charge on any atom is 0.296 e. The quantitative estimate of drug-likeness (QED) is 0.363. The topological polar surface area (TPSA) is 125 Å². The molecule has 0 aliphatic carbocycles. The van der Waals surface area contributed by atoms with Crippen molar-refractivity contribution in [2.24, 2.45) is 0 Å². The Morgan fingerprint density at radius 3 is 1.50 bits per heavy atom. The Morgan fingerprint density at radius 1 is 1.19 bits per heavy atom. The molecule has 0 fully saturated rings. The third kappa shape index (κ3) is 174. The van der Waals surface area contributed by atoms with E-state index in [0.29, 0.717) is 0 Å². The van der Waals surface area contributed by atoms with Crippen LogP contribution in [0.1, 0.15) is 22.3 Å². The molecule has 0 aromatic rings. The van der Waals surface area contributed by atoms with E-state index in [1.54, 1.807) is 0 Å². The SMILES string of the molecule is C.C.C.COCO[N+](=O)[O-].O=[N+]([O-])O.[CH3-].[Y]. The van der Waals surface area contributed by atoms with Gasteiger partial charge in [0.1, 0.15) is 0 Å². The van der Waals surface area contributed by atoms with Gasteiger partial charge in [-0.05, 0) is 0 Å². The van der Waals surface area contributed by atoms with Gasteiger partial charge in [0.2, 0.25) is 0 Å². The third-order valence-corrected chi connectivity index (χ3v) is 0.276. The van der Waals surface area contributed by atoms with Crippen LogP contribution in [0.3, 0.4) is 0 Å². The second-order valence-corrected chi connectivity index (χ2v) is 0.997. The van der Waals surface area contributed by atoms with E-state index in [0.717, 1.165) is 0 Å². The Bertz CT molecular complexity index is 132. The first-order valence-electron chi connectivity index (χ1n) is 2.10. The van der Waals surface area contributed by atoms with Crippen molar-refractivity contribution in [3.8, 4) is 0 Å². The van der Waals surface area contributed by atoms with E-state index in [2.05, 4.69) is 9.57 Å². The van der Waals surface area contributed by atoms with Gasteiger partial charge in [0.05, 0.1) is 0 Å². The summed E-state index contributed by atoms with van der Waals surface area (Å²) in [6.45, 7) is -0.299. The minimum absolute atomic E-state index is 0. The van der Waals surface area contributed by atoms with Gasteiger partial charge >= 0.3 is 0 Å². The molecule has 16 heavy (non-hydrogen) atoms. The van der Waals surface area contributed by atoms with Crippen LogP contribution >= 0.6 is 0 Å². The van der Waals surface area contributed by atoms with E-state index in [9.17, 15) is 10.1 Å². The molecule has 0 bridgehead atoms. The average molecular weight is 322 g/mol. The van der Waals surface area contributed by atoms with Crippen LogP contribution < -0.4 is 0 Å². The molecule has 101 valence electrons. The molecule has 0 spiro atoms. The summed E-state index contributed by atoms with van der Waals surface area (Å²) in [6, 6.07) is 0. The Labute approximate surface area is 121 Å². The van der Waals surface area contributed by atoms with Crippen molar-refractivity contribution in [2.75, 3.05) is 13.9 Å². The van der Waals surface area contributed by atoms with Crippen molar-refractivity contribution >= 4 is 0 Å². The molecular weight excluding hydrogens is 301 g/mol. The van der Waals surface area contributed by atoms with Gasteiger partial charge in [-0.15, -0.1) is 20.2 Å². The summed E-state index contributed by atoms with van der Waals surface area (Å²) in [4.78, 5) is 21.3. The van der Waals surface area contributed by atoms with Crippen LogP contribution in [-0.4, -0.2) is 29.3 Å². The fourth-order valence-electron chi connectivity index (χ4n) is 0.0957. The predicted octanol–water partition coefficient (Wildman–Crippen LogP) is 1.81. The smallest absolute Gasteiger partial charge is 0.296 e. The molecule has 0 aliphatic rings. The number of ether oxygens (including phenoxy) is 1. The molecule has 0 atom stereocenters. The molecule has 0 aliphatic heterocycles. The first-order chi connectivity index (χ1) is 5.00. The monoisotopic (exact) mass is 322 g/mol. The van der Waals surface area contributed by atoms with Gasteiger partial charge in [0.15, 0.2) is 6.79 Å². The van der Waals surface area contributed by atoms with Gasteiger partial charge in [0, 0.05) is 39.8 Å². The second-order valence-electron chi connectivity index (χ2n) is 0.997. The molecule has 1 radical (unpaired) electrons. The van der Waals surface area contributed by atoms with Crippen molar-refractivity contribution in [3.05, 3.63) is 27.7 Å². The zero-order valence-corrected chi connectivity index (χ0v) is 9.91. The zero-order valence-electron chi connectivity index (χ0n) is 7.08. The number of hydrogen-bond donors (Lipinski definition) is 1. The minimum Gasteiger partial charge on any atom is -0.358 e. The van der Waals surface area contributed by atoms with Crippen LogP contribution in [0.15, 0.2) is 0 Å². The first kappa shape index (κ1) is 45.2. The Kier molecular flexibility index (Phi) is 103. The van der Waals surface area contributed by atoms with E-state index in [4.69, 9.17) is 15.3 Å². The Balaban J connectivity index is -0.0000000165. The number of rotatable bonds is 3. The molecule has 10 heteroatoms. The van der Waals surface area contributed by atoms with E-state index in [1.165, 1.54) is 7.11 Å². The summed E-state index contributed by atoms with van der Waals surface area (Å²) in [7, 11) is 1.31. The molecule has 0 aromatic heterocycles. The molecule has 0 rings (SSSR count). The summed E-state index contributed by atoms with van der Waals surface area (Å²) in [5.74, 6) is 0. The first-order valence-corrected chi connectivity index (χ1v) is 2.10. The van der Waals surface area contributed by atoms with Gasteiger partial charge in [-0.2, -0.15) is 0 Å². The van der Waals surface area contributed by atoms with Crippen molar-refractivity contribution in [2.45, 2.75) is 22.3 Å². The fourth-order valence-corrected chi connectivity index (χ4v) is 0.0957. The number of nitrogens with zero attached hydrogens (tertiary/aromatic N) is 2. The number of hydrogen-bond acceptors (Lipinski definition) is 6. The fraction of sp³-hybridized carbons (Fsp3) is 0.833. The Hall–Kier alpha value is -0.536. The Morgan fingerprint density at radius 2 is 1.44 bits per heavy atom. The van der Waals surface area contributed by atoms with Crippen molar-refractivity contribution in [1.82, 2.24) is 0 Å². The molecule has 0 amide bonds. The van der Waals surface area contributed by atoms with Crippen LogP contribution in [0.5, 0.6) is 0 Å². The average Bonchev–Trinajstić information content (AvgIpc) is 1.82. The predicted molar refractivity (Wildman–Crippen MR) is 55.3 cm³/mol. The van der Waals surface area contributed by atoms with E-state index in [1.807, 2.05) is 0 Å². The van der Waals surface area contributed by atoms with Gasteiger partial charge < -0.3 is 17.4 Å². The minimum atomic E-state index is -1.50. The summed E-state index contributed by atoms with van der Waals surface area (Å²) in [5.41, 5.74) is 0. The van der Waals surface area contributed by atoms with Gasteiger partial charge in [-0.25, -0.2) is 0 Å². The van der Waals surface area contributed by atoms with Crippen LogP contribution in [0.2, 0.25) is 0 Å². The maximum atomic E-state index is 9.26. The second kappa shape index (κ2) is 36.6. The van der Waals surface area contributed by atoms with Gasteiger partial charge in [-0.3, -0.25) is 4.84 Å². The van der Waals surface area contributed by atoms with Crippen LogP contribution in [-0.2, 0) is 42.3 Å². The van der Waals surface area contributed by atoms with Gasteiger partial charge in [0.25, 0.3) is 10.2 Å². The third-order valence-electron chi connectivity index (χ3n) is 0.276. The van der Waals surface area contributed by atoms with E-state index >= 15 is 0 Å². The standard InChI is InChI=1S/C2H5NO4.3CH4.CH3.HNO3.Y/c1-6-2-7-3(4)5;;;;;2-1(3)4;/h2H2,1H3;3*1H4;1H3;(H,2,3,4);/q;;;;-1;;. The van der Waals surface area contributed by atoms with Crippen LogP contribution in [0.4, 0.5) is 0 Å². The molecule has 0 aromatic carbocycles. The van der Waals surface area contributed by atoms with Crippen molar-refractivity contribution in [1.29, 1.82) is 0 Å². The molecular formula is C6H21N2O7Y-. The van der Waals surface area contributed by atoms with Gasteiger partial charge in [-0.1, -0.05) is 22.3 Å². The van der Waals surface area contributed by atoms with Crippen molar-refractivity contribution < 1.29 is 57.7 Å². The molecule has 0 saturated heterocycles.